The number of hydrogen-bond donors (Lipinski definition) is 2. The summed E-state index contributed by atoms with van der Waals surface area (Å²) in [5.74, 6) is -1.13. The van der Waals surface area contributed by atoms with Crippen molar-refractivity contribution < 1.29 is 14.7 Å². The van der Waals surface area contributed by atoms with E-state index in [0.717, 1.165) is 19.3 Å². The van der Waals surface area contributed by atoms with E-state index in [1.807, 2.05) is 6.92 Å². The molecule has 0 unspecified atom stereocenters. The smallest absolute Gasteiger partial charge is 0.326 e. The molecule has 1 heterocycles. The van der Waals surface area contributed by atoms with Crippen molar-refractivity contribution in [1.82, 2.24) is 4.90 Å². The SMILES string of the molecule is CCC[C@H](N)C(=O)N1CCCC[C@H]1C(=O)O. The lowest BCUT2D eigenvalue weighted by molar-refractivity contribution is -0.152. The van der Waals surface area contributed by atoms with E-state index in [9.17, 15) is 9.59 Å². The van der Waals surface area contributed by atoms with Crippen LogP contribution in [-0.4, -0.2) is 40.5 Å². The Hall–Kier alpha value is -1.10. The number of carboxylic acid groups (broad SMARTS) is 1. The van der Waals surface area contributed by atoms with E-state index in [-0.39, 0.29) is 5.91 Å². The Labute approximate surface area is 95.6 Å². The molecule has 0 bridgehead atoms. The predicted molar refractivity (Wildman–Crippen MR) is 59.9 cm³/mol. The van der Waals surface area contributed by atoms with Gasteiger partial charge < -0.3 is 15.7 Å². The van der Waals surface area contributed by atoms with Crippen LogP contribution in [-0.2, 0) is 9.59 Å². The van der Waals surface area contributed by atoms with E-state index in [4.69, 9.17) is 10.8 Å². The van der Waals surface area contributed by atoms with Crippen molar-refractivity contribution in [2.24, 2.45) is 5.73 Å². The van der Waals surface area contributed by atoms with Gasteiger partial charge in [0.05, 0.1) is 6.04 Å². The Bertz CT molecular complexity index is 268. The Morgan fingerprint density at radius 1 is 1.50 bits per heavy atom. The highest BCUT2D eigenvalue weighted by Crippen LogP contribution is 2.18. The summed E-state index contributed by atoms with van der Waals surface area (Å²) < 4.78 is 0. The quantitative estimate of drug-likeness (QED) is 0.737. The number of carbonyl (C=O) groups excluding carboxylic acids is 1. The topological polar surface area (TPSA) is 83.6 Å². The number of piperidine rings is 1. The standard InChI is InChI=1S/C11H20N2O3/c1-2-5-8(12)10(14)13-7-4-3-6-9(13)11(15)16/h8-9H,2-7,12H2,1H3,(H,15,16)/t8-,9-/m0/s1. The summed E-state index contributed by atoms with van der Waals surface area (Å²) in [6.07, 6.45) is 3.72. The maximum Gasteiger partial charge on any atom is 0.326 e. The highest BCUT2D eigenvalue weighted by molar-refractivity contribution is 5.87. The first-order valence-corrected chi connectivity index (χ1v) is 5.86. The van der Waals surface area contributed by atoms with Crippen LogP contribution in [0.15, 0.2) is 0 Å². The van der Waals surface area contributed by atoms with Gasteiger partial charge in [0.15, 0.2) is 0 Å². The van der Waals surface area contributed by atoms with E-state index in [1.54, 1.807) is 0 Å². The maximum atomic E-state index is 11.9. The van der Waals surface area contributed by atoms with Crippen LogP contribution in [0.3, 0.4) is 0 Å². The molecule has 1 rings (SSSR count). The summed E-state index contributed by atoms with van der Waals surface area (Å²) in [4.78, 5) is 24.4. The van der Waals surface area contributed by atoms with Crippen LogP contribution in [0.4, 0.5) is 0 Å². The number of likely N-dealkylation sites (tertiary alicyclic amines) is 1. The molecule has 5 heteroatoms. The lowest BCUT2D eigenvalue weighted by Crippen LogP contribution is -2.53. The van der Waals surface area contributed by atoms with E-state index in [2.05, 4.69) is 0 Å². The molecule has 3 N–H and O–H groups in total. The molecule has 0 spiro atoms. The normalized spacial score (nSPS) is 22.9. The monoisotopic (exact) mass is 228 g/mol. The Morgan fingerprint density at radius 3 is 2.75 bits per heavy atom. The van der Waals surface area contributed by atoms with Crippen molar-refractivity contribution in [3.8, 4) is 0 Å². The highest BCUT2D eigenvalue weighted by atomic mass is 16.4. The van der Waals surface area contributed by atoms with Crippen LogP contribution >= 0.6 is 0 Å². The van der Waals surface area contributed by atoms with Gasteiger partial charge in [-0.15, -0.1) is 0 Å². The molecule has 92 valence electrons. The van der Waals surface area contributed by atoms with E-state index < -0.39 is 18.1 Å². The van der Waals surface area contributed by atoms with Gasteiger partial charge in [-0.25, -0.2) is 4.79 Å². The van der Waals surface area contributed by atoms with E-state index in [1.165, 1.54) is 4.90 Å². The number of nitrogens with two attached hydrogens (primary N) is 1. The van der Waals surface area contributed by atoms with Crippen molar-refractivity contribution >= 4 is 11.9 Å². The van der Waals surface area contributed by atoms with Gasteiger partial charge in [0.1, 0.15) is 6.04 Å². The molecule has 0 aromatic rings. The molecule has 0 radical (unpaired) electrons. The third-order valence-electron chi connectivity index (χ3n) is 2.99. The molecule has 0 aliphatic carbocycles. The number of amides is 1. The third kappa shape index (κ3) is 2.95. The minimum absolute atomic E-state index is 0.214. The van der Waals surface area contributed by atoms with Crippen LogP contribution in [0.2, 0.25) is 0 Å². The van der Waals surface area contributed by atoms with Gasteiger partial charge in [-0.3, -0.25) is 4.79 Å². The molecule has 0 saturated carbocycles. The number of carbonyl (C=O) groups is 2. The molecule has 1 aliphatic rings. The second kappa shape index (κ2) is 5.84. The van der Waals surface area contributed by atoms with Crippen molar-refractivity contribution in [3.63, 3.8) is 0 Å². The summed E-state index contributed by atoms with van der Waals surface area (Å²) >= 11 is 0. The average Bonchev–Trinajstić information content (AvgIpc) is 2.28. The molecule has 1 amide bonds. The van der Waals surface area contributed by atoms with E-state index >= 15 is 0 Å². The van der Waals surface area contributed by atoms with Crippen molar-refractivity contribution in [2.75, 3.05) is 6.54 Å². The van der Waals surface area contributed by atoms with Gasteiger partial charge >= 0.3 is 5.97 Å². The third-order valence-corrected chi connectivity index (χ3v) is 2.99. The number of aliphatic carboxylic acids is 1. The Kier molecular flexibility index (Phi) is 4.73. The zero-order valence-electron chi connectivity index (χ0n) is 9.69. The van der Waals surface area contributed by atoms with Gasteiger partial charge in [0, 0.05) is 6.54 Å². The van der Waals surface area contributed by atoms with Gasteiger partial charge in [-0.05, 0) is 25.7 Å². The van der Waals surface area contributed by atoms with Crippen LogP contribution in [0, 0.1) is 0 Å². The molecular weight excluding hydrogens is 208 g/mol. The summed E-state index contributed by atoms with van der Waals surface area (Å²) in [5, 5.41) is 9.03. The Morgan fingerprint density at radius 2 is 2.19 bits per heavy atom. The first-order valence-electron chi connectivity index (χ1n) is 5.86. The van der Waals surface area contributed by atoms with Crippen molar-refractivity contribution in [2.45, 2.75) is 51.1 Å². The molecule has 1 saturated heterocycles. The number of nitrogens with zero attached hydrogens (tertiary/aromatic N) is 1. The summed E-state index contributed by atoms with van der Waals surface area (Å²) in [6.45, 7) is 2.48. The van der Waals surface area contributed by atoms with Crippen LogP contribution in [0.5, 0.6) is 0 Å². The maximum absolute atomic E-state index is 11.9. The molecule has 0 aromatic carbocycles. The molecule has 5 nitrogen and oxygen atoms in total. The van der Waals surface area contributed by atoms with Gasteiger partial charge in [0.2, 0.25) is 5.91 Å². The lowest BCUT2D eigenvalue weighted by atomic mass is 10.0. The fourth-order valence-corrected chi connectivity index (χ4v) is 2.10. The number of hydrogen-bond acceptors (Lipinski definition) is 3. The predicted octanol–water partition coefficient (Wildman–Crippen LogP) is 0.579. The second-order valence-corrected chi connectivity index (χ2v) is 4.28. The van der Waals surface area contributed by atoms with E-state index in [0.29, 0.717) is 19.4 Å². The molecular formula is C11H20N2O3. The van der Waals surface area contributed by atoms with Crippen molar-refractivity contribution in [3.05, 3.63) is 0 Å². The van der Waals surface area contributed by atoms with Gasteiger partial charge in [-0.1, -0.05) is 13.3 Å². The van der Waals surface area contributed by atoms with Crippen LogP contribution < -0.4 is 5.73 Å². The molecule has 0 aromatic heterocycles. The zero-order chi connectivity index (χ0) is 12.1. The number of rotatable bonds is 4. The van der Waals surface area contributed by atoms with Crippen molar-refractivity contribution in [1.29, 1.82) is 0 Å². The summed E-state index contributed by atoms with van der Waals surface area (Å²) in [6, 6.07) is -1.23. The van der Waals surface area contributed by atoms with Crippen LogP contribution in [0.25, 0.3) is 0 Å². The largest absolute Gasteiger partial charge is 0.480 e. The van der Waals surface area contributed by atoms with Gasteiger partial charge in [0.25, 0.3) is 0 Å². The fraction of sp³-hybridized carbons (Fsp3) is 0.818. The highest BCUT2D eigenvalue weighted by Gasteiger charge is 2.33. The summed E-state index contributed by atoms with van der Waals surface area (Å²) in [7, 11) is 0. The molecule has 2 atom stereocenters. The molecule has 1 fully saturated rings. The fourth-order valence-electron chi connectivity index (χ4n) is 2.10. The van der Waals surface area contributed by atoms with Gasteiger partial charge in [-0.2, -0.15) is 0 Å². The number of carboxylic acids is 1. The average molecular weight is 228 g/mol. The first kappa shape index (κ1) is 13.0. The van der Waals surface area contributed by atoms with Crippen LogP contribution in [0.1, 0.15) is 39.0 Å². The lowest BCUT2D eigenvalue weighted by Gasteiger charge is -2.34. The zero-order valence-corrected chi connectivity index (χ0v) is 9.69. The molecule has 1 aliphatic heterocycles. The Balaban J connectivity index is 2.67. The second-order valence-electron chi connectivity index (χ2n) is 4.28. The molecule has 16 heavy (non-hydrogen) atoms. The minimum Gasteiger partial charge on any atom is -0.480 e. The summed E-state index contributed by atoms with van der Waals surface area (Å²) in [5.41, 5.74) is 5.74. The first-order chi connectivity index (χ1) is 7.57. The minimum atomic E-state index is -0.920.